The Kier molecular flexibility index (Phi) is 8.04. The summed E-state index contributed by atoms with van der Waals surface area (Å²) in [5, 5.41) is 16.1. The molecule has 30 heavy (non-hydrogen) atoms. The number of tetrazole rings is 1. The lowest BCUT2D eigenvalue weighted by Crippen LogP contribution is -2.21. The van der Waals surface area contributed by atoms with E-state index in [0.717, 1.165) is 35.1 Å². The predicted octanol–water partition coefficient (Wildman–Crippen LogP) is 1.81. The van der Waals surface area contributed by atoms with Gasteiger partial charge in [-0.15, -0.1) is 5.10 Å². The summed E-state index contributed by atoms with van der Waals surface area (Å²) in [5.74, 6) is 1.43. The first-order valence-electron chi connectivity index (χ1n) is 9.43. The first kappa shape index (κ1) is 21.6. The molecule has 1 amide bonds. The molecule has 1 heterocycles. The summed E-state index contributed by atoms with van der Waals surface area (Å²) in [6.45, 7) is 1.18. The third-order valence-electron chi connectivity index (χ3n) is 4.13. The summed E-state index contributed by atoms with van der Waals surface area (Å²) in [4.78, 5) is 11.1. The summed E-state index contributed by atoms with van der Waals surface area (Å²) in [6.07, 6.45) is 0.924. The van der Waals surface area contributed by atoms with Crippen molar-refractivity contribution in [2.24, 2.45) is 5.73 Å². The van der Waals surface area contributed by atoms with Gasteiger partial charge in [-0.25, -0.2) is 0 Å². The van der Waals surface area contributed by atoms with Crippen molar-refractivity contribution in [2.75, 3.05) is 26.0 Å². The molecule has 0 saturated carbocycles. The van der Waals surface area contributed by atoms with Crippen molar-refractivity contribution in [3.05, 3.63) is 54.1 Å². The highest BCUT2D eigenvalue weighted by molar-refractivity contribution is 7.99. The molecule has 0 fully saturated rings. The minimum atomic E-state index is -0.533. The van der Waals surface area contributed by atoms with Crippen molar-refractivity contribution in [3.63, 3.8) is 0 Å². The zero-order valence-corrected chi connectivity index (χ0v) is 17.5. The Bertz CT molecular complexity index is 951. The van der Waals surface area contributed by atoms with Gasteiger partial charge in [0.1, 0.15) is 0 Å². The van der Waals surface area contributed by atoms with E-state index >= 15 is 0 Å². The van der Waals surface area contributed by atoms with Gasteiger partial charge < -0.3 is 20.5 Å². The number of nitrogens with zero attached hydrogens (tertiary/aromatic N) is 4. The topological polar surface area (TPSA) is 117 Å². The number of benzene rings is 2. The summed E-state index contributed by atoms with van der Waals surface area (Å²) in [6, 6.07) is 15.4. The Labute approximate surface area is 178 Å². The zero-order chi connectivity index (χ0) is 21.2. The normalized spacial score (nSPS) is 10.7. The number of nitrogens with one attached hydrogen (secondary N) is 1. The average molecular weight is 429 g/mol. The van der Waals surface area contributed by atoms with E-state index in [0.29, 0.717) is 18.0 Å². The van der Waals surface area contributed by atoms with Crippen molar-refractivity contribution in [2.45, 2.75) is 18.1 Å². The lowest BCUT2D eigenvalue weighted by molar-refractivity contribution is -0.119. The molecule has 0 atom stereocenters. The van der Waals surface area contributed by atoms with Gasteiger partial charge >= 0.3 is 0 Å². The van der Waals surface area contributed by atoms with Crippen LogP contribution < -0.4 is 20.5 Å². The smallest absolute Gasteiger partial charge is 0.255 e. The van der Waals surface area contributed by atoms with Crippen LogP contribution in [-0.4, -0.2) is 52.1 Å². The monoisotopic (exact) mass is 428 g/mol. The number of carbonyl (C=O) groups excluding carboxylic acids is 1. The molecule has 0 radical (unpaired) electrons. The molecule has 0 unspecified atom stereocenters. The van der Waals surface area contributed by atoms with Gasteiger partial charge in [-0.2, -0.15) is 4.68 Å². The Balaban J connectivity index is 1.46. The number of amides is 1. The number of hydrogen-bond donors (Lipinski definition) is 2. The lowest BCUT2D eigenvalue weighted by Gasteiger charge is -2.14. The summed E-state index contributed by atoms with van der Waals surface area (Å²) >= 11 is 1.61. The second kappa shape index (κ2) is 11.2. The van der Waals surface area contributed by atoms with E-state index in [4.69, 9.17) is 15.2 Å². The lowest BCUT2D eigenvalue weighted by atomic mass is 10.2. The molecule has 10 heteroatoms. The molecule has 0 aliphatic carbocycles. The second-order valence-corrected chi connectivity index (χ2v) is 7.35. The number of carbonyl (C=O) groups is 1. The van der Waals surface area contributed by atoms with Crippen LogP contribution in [0.3, 0.4) is 0 Å². The standard InChI is InChI=1S/C20H24N6O3S/c1-28-17-10-5-7-15(19(17)29-14-18(21)27)13-22-11-6-12-30-20-23-24-25-26(20)16-8-3-2-4-9-16/h2-5,7-10,22H,6,11-14H2,1H3,(H2,21,27). The highest BCUT2D eigenvalue weighted by Crippen LogP contribution is 2.31. The molecule has 0 aliphatic heterocycles. The minimum Gasteiger partial charge on any atom is -0.493 e. The summed E-state index contributed by atoms with van der Waals surface area (Å²) < 4.78 is 12.6. The van der Waals surface area contributed by atoms with Crippen LogP contribution in [0.4, 0.5) is 0 Å². The Morgan fingerprint density at radius 1 is 1.20 bits per heavy atom. The predicted molar refractivity (Wildman–Crippen MR) is 114 cm³/mol. The molecular formula is C20H24N6O3S. The van der Waals surface area contributed by atoms with Gasteiger partial charge in [0.25, 0.3) is 5.91 Å². The van der Waals surface area contributed by atoms with Gasteiger partial charge in [-0.05, 0) is 41.6 Å². The highest BCUT2D eigenvalue weighted by atomic mass is 32.2. The van der Waals surface area contributed by atoms with Crippen LogP contribution >= 0.6 is 11.8 Å². The van der Waals surface area contributed by atoms with Crippen LogP contribution in [0.2, 0.25) is 0 Å². The average Bonchev–Trinajstić information content (AvgIpc) is 3.24. The Morgan fingerprint density at radius 3 is 2.80 bits per heavy atom. The largest absolute Gasteiger partial charge is 0.493 e. The van der Waals surface area contributed by atoms with Crippen molar-refractivity contribution < 1.29 is 14.3 Å². The van der Waals surface area contributed by atoms with Gasteiger partial charge in [0, 0.05) is 17.9 Å². The molecule has 1 aromatic heterocycles. The van der Waals surface area contributed by atoms with E-state index in [1.807, 2.05) is 42.5 Å². The number of thioether (sulfide) groups is 1. The van der Waals surface area contributed by atoms with Crippen LogP contribution in [0.1, 0.15) is 12.0 Å². The summed E-state index contributed by atoms with van der Waals surface area (Å²) in [7, 11) is 1.56. The van der Waals surface area contributed by atoms with E-state index in [1.54, 1.807) is 29.6 Å². The quantitative estimate of drug-likeness (QED) is 0.331. The molecule has 158 valence electrons. The number of para-hydroxylation sites is 2. The third-order valence-corrected chi connectivity index (χ3v) is 5.13. The third kappa shape index (κ3) is 5.94. The van der Waals surface area contributed by atoms with Crippen molar-refractivity contribution in [1.29, 1.82) is 0 Å². The maximum Gasteiger partial charge on any atom is 0.255 e. The molecule has 3 N–H and O–H groups in total. The highest BCUT2D eigenvalue weighted by Gasteiger charge is 2.12. The van der Waals surface area contributed by atoms with Gasteiger partial charge in [-0.3, -0.25) is 4.79 Å². The van der Waals surface area contributed by atoms with E-state index in [-0.39, 0.29) is 6.61 Å². The molecular weight excluding hydrogens is 404 g/mol. The number of methoxy groups -OCH3 is 1. The van der Waals surface area contributed by atoms with Crippen LogP contribution in [0.25, 0.3) is 5.69 Å². The number of rotatable bonds is 12. The molecule has 9 nitrogen and oxygen atoms in total. The Hall–Kier alpha value is -3.11. The van der Waals surface area contributed by atoms with Gasteiger partial charge in [0.2, 0.25) is 5.16 Å². The molecule has 2 aromatic carbocycles. The van der Waals surface area contributed by atoms with Crippen LogP contribution in [-0.2, 0) is 11.3 Å². The maximum atomic E-state index is 11.1. The molecule has 0 aliphatic rings. The van der Waals surface area contributed by atoms with E-state index in [9.17, 15) is 4.79 Å². The van der Waals surface area contributed by atoms with Gasteiger partial charge in [0.05, 0.1) is 12.8 Å². The fourth-order valence-corrected chi connectivity index (χ4v) is 3.58. The molecule has 0 spiro atoms. The Morgan fingerprint density at radius 2 is 2.03 bits per heavy atom. The molecule has 0 saturated heterocycles. The first-order chi connectivity index (χ1) is 14.7. The second-order valence-electron chi connectivity index (χ2n) is 6.29. The zero-order valence-electron chi connectivity index (χ0n) is 16.7. The van der Waals surface area contributed by atoms with Crippen LogP contribution in [0, 0.1) is 0 Å². The number of hydrogen-bond acceptors (Lipinski definition) is 8. The minimum absolute atomic E-state index is 0.194. The fourth-order valence-electron chi connectivity index (χ4n) is 2.75. The SMILES string of the molecule is COc1cccc(CNCCCSc2nnnn2-c2ccccc2)c1OCC(N)=O. The first-order valence-corrected chi connectivity index (χ1v) is 10.4. The molecule has 0 bridgehead atoms. The molecule has 3 rings (SSSR count). The van der Waals surface area contributed by atoms with Crippen LogP contribution in [0.15, 0.2) is 53.7 Å². The molecule has 3 aromatic rings. The number of nitrogens with two attached hydrogens (primary N) is 1. The van der Waals surface area contributed by atoms with Crippen LogP contribution in [0.5, 0.6) is 11.5 Å². The fraction of sp³-hybridized carbons (Fsp3) is 0.300. The summed E-state index contributed by atoms with van der Waals surface area (Å²) in [5.41, 5.74) is 7.02. The van der Waals surface area contributed by atoms with E-state index < -0.39 is 5.91 Å². The van der Waals surface area contributed by atoms with E-state index in [2.05, 4.69) is 20.8 Å². The van der Waals surface area contributed by atoms with Crippen molar-refractivity contribution >= 4 is 17.7 Å². The maximum absolute atomic E-state index is 11.1. The number of ether oxygens (including phenoxy) is 2. The van der Waals surface area contributed by atoms with Crippen molar-refractivity contribution in [1.82, 2.24) is 25.5 Å². The number of primary amides is 1. The van der Waals surface area contributed by atoms with Gasteiger partial charge in [-0.1, -0.05) is 42.1 Å². The van der Waals surface area contributed by atoms with Gasteiger partial charge in [0.15, 0.2) is 18.1 Å². The van der Waals surface area contributed by atoms with Crippen molar-refractivity contribution in [3.8, 4) is 17.2 Å². The van der Waals surface area contributed by atoms with E-state index in [1.165, 1.54) is 0 Å². The number of aromatic nitrogens is 4.